The minimum atomic E-state index is -0.916. The smallest absolute Gasteiger partial charge is 0.132 e. The van der Waals surface area contributed by atoms with Crippen LogP contribution in [0, 0.1) is 33.5 Å². The molecule has 0 aliphatic rings. The Bertz CT molecular complexity index is 594. The minimum absolute atomic E-state index is 0.325. The number of benzene rings is 2. The Morgan fingerprint density at radius 2 is 1.53 bits per heavy atom. The van der Waals surface area contributed by atoms with E-state index in [1.807, 2.05) is 32.9 Å². The lowest BCUT2D eigenvalue weighted by Gasteiger charge is -2.19. The zero-order valence-electron chi connectivity index (χ0n) is 11.8. The average Bonchev–Trinajstić information content (AvgIpc) is 2.31. The van der Waals surface area contributed by atoms with Gasteiger partial charge in [0.2, 0.25) is 0 Å². The van der Waals surface area contributed by atoms with E-state index in [1.165, 1.54) is 0 Å². The predicted octanol–water partition coefficient (Wildman–Crippen LogP) is 4.14. The number of hydrogen-bond acceptors (Lipinski definition) is 1. The molecule has 0 saturated heterocycles. The summed E-state index contributed by atoms with van der Waals surface area (Å²) in [5, 5.41) is 10.5. The second-order valence-electron chi connectivity index (χ2n) is 5.19. The third-order valence-electron chi connectivity index (χ3n) is 3.53. The zero-order valence-corrected chi connectivity index (χ0v) is 11.8. The second kappa shape index (κ2) is 5.14. The number of halogens is 1. The van der Waals surface area contributed by atoms with Gasteiger partial charge in [-0.05, 0) is 49.9 Å². The summed E-state index contributed by atoms with van der Waals surface area (Å²) in [6.07, 6.45) is -0.916. The van der Waals surface area contributed by atoms with Gasteiger partial charge in [0.1, 0.15) is 11.9 Å². The van der Waals surface area contributed by atoms with Crippen LogP contribution in [0.3, 0.4) is 0 Å². The molecule has 100 valence electrons. The van der Waals surface area contributed by atoms with Gasteiger partial charge in [0, 0.05) is 5.56 Å². The first kappa shape index (κ1) is 13.8. The van der Waals surface area contributed by atoms with Gasteiger partial charge < -0.3 is 5.11 Å². The van der Waals surface area contributed by atoms with Crippen molar-refractivity contribution in [1.29, 1.82) is 0 Å². The Labute approximate surface area is 113 Å². The Morgan fingerprint density at radius 1 is 0.947 bits per heavy atom. The molecule has 2 aromatic carbocycles. The molecule has 0 aromatic heterocycles. The van der Waals surface area contributed by atoms with Crippen molar-refractivity contribution < 1.29 is 9.50 Å². The third kappa shape index (κ3) is 2.54. The van der Waals surface area contributed by atoms with Crippen molar-refractivity contribution in [2.45, 2.75) is 33.8 Å². The Kier molecular flexibility index (Phi) is 3.72. The molecule has 0 bridgehead atoms. The van der Waals surface area contributed by atoms with Crippen LogP contribution in [0.1, 0.15) is 39.5 Å². The van der Waals surface area contributed by atoms with E-state index in [-0.39, 0.29) is 5.82 Å². The van der Waals surface area contributed by atoms with Crippen LogP contribution in [0.15, 0.2) is 30.3 Å². The van der Waals surface area contributed by atoms with E-state index in [9.17, 15) is 9.50 Å². The molecule has 0 saturated carbocycles. The largest absolute Gasteiger partial charge is 0.384 e. The number of aliphatic hydroxyl groups excluding tert-OH is 1. The first-order valence-corrected chi connectivity index (χ1v) is 6.42. The molecule has 1 unspecified atom stereocenters. The van der Waals surface area contributed by atoms with Crippen LogP contribution in [-0.4, -0.2) is 5.11 Å². The maximum Gasteiger partial charge on any atom is 0.132 e. The van der Waals surface area contributed by atoms with Gasteiger partial charge in [0.05, 0.1) is 0 Å². The van der Waals surface area contributed by atoms with Gasteiger partial charge in [-0.25, -0.2) is 4.39 Å². The van der Waals surface area contributed by atoms with Gasteiger partial charge in [0.25, 0.3) is 0 Å². The number of aryl methyl sites for hydroxylation is 4. The standard InChI is InChI=1S/C17H19FO/c1-10-8-12(3)15(13(4)9-10)17(19)14-7-5-6-11(2)16(14)18/h5-9,17,19H,1-4H3. The monoisotopic (exact) mass is 258 g/mol. The highest BCUT2D eigenvalue weighted by Crippen LogP contribution is 2.30. The molecule has 0 fully saturated rings. The fourth-order valence-electron chi connectivity index (χ4n) is 2.66. The van der Waals surface area contributed by atoms with Crippen molar-refractivity contribution in [3.05, 3.63) is 69.5 Å². The molecule has 2 aromatic rings. The Balaban J connectivity index is 2.56. The van der Waals surface area contributed by atoms with E-state index in [1.54, 1.807) is 25.1 Å². The van der Waals surface area contributed by atoms with Crippen LogP contribution < -0.4 is 0 Å². The summed E-state index contributed by atoms with van der Waals surface area (Å²) in [4.78, 5) is 0. The van der Waals surface area contributed by atoms with Gasteiger partial charge in [-0.2, -0.15) is 0 Å². The molecule has 1 nitrogen and oxygen atoms in total. The van der Waals surface area contributed by atoms with Crippen LogP contribution in [0.2, 0.25) is 0 Å². The molecule has 2 heteroatoms. The van der Waals surface area contributed by atoms with Crippen LogP contribution >= 0.6 is 0 Å². The summed E-state index contributed by atoms with van der Waals surface area (Å²) in [6, 6.07) is 9.15. The van der Waals surface area contributed by atoms with E-state index in [0.717, 1.165) is 22.3 Å². The van der Waals surface area contributed by atoms with Crippen molar-refractivity contribution in [3.63, 3.8) is 0 Å². The summed E-state index contributed by atoms with van der Waals surface area (Å²) in [5.41, 5.74) is 4.83. The summed E-state index contributed by atoms with van der Waals surface area (Å²) in [5.74, 6) is -0.325. The topological polar surface area (TPSA) is 20.2 Å². The van der Waals surface area contributed by atoms with E-state index in [0.29, 0.717) is 11.1 Å². The molecular formula is C17H19FO. The molecule has 0 aliphatic heterocycles. The van der Waals surface area contributed by atoms with Crippen molar-refractivity contribution in [2.75, 3.05) is 0 Å². The quantitative estimate of drug-likeness (QED) is 0.858. The Hall–Kier alpha value is -1.67. The van der Waals surface area contributed by atoms with E-state index >= 15 is 0 Å². The highest BCUT2D eigenvalue weighted by molar-refractivity contribution is 5.43. The lowest BCUT2D eigenvalue weighted by Crippen LogP contribution is -2.08. The van der Waals surface area contributed by atoms with Gasteiger partial charge in [-0.3, -0.25) is 0 Å². The number of hydrogen-bond donors (Lipinski definition) is 1. The maximum absolute atomic E-state index is 14.1. The van der Waals surface area contributed by atoms with Crippen molar-refractivity contribution in [2.24, 2.45) is 0 Å². The number of aliphatic hydroxyl groups is 1. The van der Waals surface area contributed by atoms with E-state index in [4.69, 9.17) is 0 Å². The Morgan fingerprint density at radius 3 is 2.11 bits per heavy atom. The van der Waals surface area contributed by atoms with Gasteiger partial charge in [-0.15, -0.1) is 0 Å². The van der Waals surface area contributed by atoms with Crippen LogP contribution in [-0.2, 0) is 0 Å². The fraction of sp³-hybridized carbons (Fsp3) is 0.294. The molecule has 0 heterocycles. The van der Waals surface area contributed by atoms with Gasteiger partial charge in [0.15, 0.2) is 0 Å². The summed E-state index contributed by atoms with van der Waals surface area (Å²) < 4.78 is 14.1. The van der Waals surface area contributed by atoms with Crippen molar-refractivity contribution in [1.82, 2.24) is 0 Å². The molecule has 0 radical (unpaired) electrons. The molecule has 0 aliphatic carbocycles. The first-order chi connectivity index (χ1) is 8.91. The maximum atomic E-state index is 14.1. The highest BCUT2D eigenvalue weighted by atomic mass is 19.1. The summed E-state index contributed by atoms with van der Waals surface area (Å²) >= 11 is 0. The van der Waals surface area contributed by atoms with Crippen molar-refractivity contribution >= 4 is 0 Å². The van der Waals surface area contributed by atoms with Crippen LogP contribution in [0.5, 0.6) is 0 Å². The normalized spacial score (nSPS) is 12.5. The molecule has 1 N–H and O–H groups in total. The van der Waals surface area contributed by atoms with Gasteiger partial charge in [-0.1, -0.05) is 35.9 Å². The molecule has 19 heavy (non-hydrogen) atoms. The first-order valence-electron chi connectivity index (χ1n) is 6.42. The minimum Gasteiger partial charge on any atom is -0.384 e. The molecular weight excluding hydrogens is 239 g/mol. The number of rotatable bonds is 2. The molecule has 0 spiro atoms. The van der Waals surface area contributed by atoms with Gasteiger partial charge >= 0.3 is 0 Å². The summed E-state index contributed by atoms with van der Waals surface area (Å²) in [7, 11) is 0. The highest BCUT2D eigenvalue weighted by Gasteiger charge is 2.19. The molecule has 0 amide bonds. The lowest BCUT2D eigenvalue weighted by molar-refractivity contribution is 0.213. The average molecular weight is 258 g/mol. The summed E-state index contributed by atoms with van der Waals surface area (Å²) in [6.45, 7) is 7.63. The lowest BCUT2D eigenvalue weighted by atomic mass is 9.91. The zero-order chi connectivity index (χ0) is 14.2. The molecule has 2 rings (SSSR count). The second-order valence-corrected chi connectivity index (χ2v) is 5.19. The fourth-order valence-corrected chi connectivity index (χ4v) is 2.66. The SMILES string of the molecule is Cc1cc(C)c(C(O)c2cccc(C)c2F)c(C)c1. The van der Waals surface area contributed by atoms with E-state index < -0.39 is 6.10 Å². The van der Waals surface area contributed by atoms with Crippen LogP contribution in [0.4, 0.5) is 4.39 Å². The molecule has 1 atom stereocenters. The van der Waals surface area contributed by atoms with E-state index in [2.05, 4.69) is 0 Å². The van der Waals surface area contributed by atoms with Crippen LogP contribution in [0.25, 0.3) is 0 Å². The van der Waals surface area contributed by atoms with Crippen molar-refractivity contribution in [3.8, 4) is 0 Å². The predicted molar refractivity (Wildman–Crippen MR) is 75.9 cm³/mol. The third-order valence-corrected chi connectivity index (χ3v) is 3.53.